The number of carbonyl (C=O) groups excluding carboxylic acids is 2. The van der Waals surface area contributed by atoms with Crippen LogP contribution in [0.5, 0.6) is 0 Å². The second-order valence-corrected chi connectivity index (χ2v) is 11.4. The van der Waals surface area contributed by atoms with Gasteiger partial charge in [-0.15, -0.1) is 0 Å². The average Bonchev–Trinajstić information content (AvgIpc) is 3.28. The van der Waals surface area contributed by atoms with E-state index >= 15 is 0 Å². The first-order valence-corrected chi connectivity index (χ1v) is 14.5. The van der Waals surface area contributed by atoms with Gasteiger partial charge in [-0.2, -0.15) is 0 Å². The van der Waals surface area contributed by atoms with Gasteiger partial charge in [-0.3, -0.25) is 4.79 Å². The number of rotatable bonds is 12. The smallest absolute Gasteiger partial charge is 0.550 e. The van der Waals surface area contributed by atoms with Gasteiger partial charge in [0.15, 0.2) is 0 Å². The molecule has 42 heavy (non-hydrogen) atoms. The van der Waals surface area contributed by atoms with Crippen molar-refractivity contribution in [2.24, 2.45) is 0 Å². The van der Waals surface area contributed by atoms with Crippen molar-refractivity contribution in [3.8, 4) is 11.1 Å². The number of benzene rings is 2. The number of amides is 1. The van der Waals surface area contributed by atoms with Crippen LogP contribution in [0.15, 0.2) is 60.7 Å². The van der Waals surface area contributed by atoms with Gasteiger partial charge < -0.3 is 30.0 Å². The molecule has 3 aromatic rings. The first-order chi connectivity index (χ1) is 19.7. The van der Waals surface area contributed by atoms with Crippen LogP contribution >= 0.6 is 0 Å². The van der Waals surface area contributed by atoms with Crippen molar-refractivity contribution in [3.63, 3.8) is 0 Å². The number of para-hydroxylation sites is 1. The summed E-state index contributed by atoms with van der Waals surface area (Å²) in [5.41, 5.74) is 4.77. The number of aliphatic carboxylic acids is 1. The molecule has 9 heteroatoms. The van der Waals surface area contributed by atoms with Gasteiger partial charge in [-0.1, -0.05) is 62.4 Å². The Balaban J connectivity index is 0.00000484. The van der Waals surface area contributed by atoms with E-state index in [4.69, 9.17) is 0 Å². The molecule has 0 radical (unpaired) electrons. The van der Waals surface area contributed by atoms with E-state index in [0.29, 0.717) is 43.5 Å². The molecule has 4 rings (SSSR count). The van der Waals surface area contributed by atoms with Gasteiger partial charge in [0.2, 0.25) is 0 Å². The summed E-state index contributed by atoms with van der Waals surface area (Å²) in [6, 6.07) is 19.0. The molecule has 0 bridgehead atoms. The number of carboxylic acid groups (broad SMARTS) is 1. The Morgan fingerprint density at radius 3 is 2.14 bits per heavy atom. The molecule has 0 unspecified atom stereocenters. The number of carboxylic acids is 1. The minimum absolute atomic E-state index is 0. The SMILES string of the molecule is CC(C)c1c(C(=O)Nc2ccccc2)c(-c2ccccc2)c(C2CCC(F)CC2)n1CC[C@H](O)C[C@H](O)CC(=O)[O-].[Na+]. The fraction of sp³-hybridized carbons (Fsp3) is 0.455. The van der Waals surface area contributed by atoms with Crippen molar-refractivity contribution in [3.05, 3.63) is 77.6 Å². The van der Waals surface area contributed by atoms with E-state index in [2.05, 4.69) is 9.88 Å². The molecule has 7 nitrogen and oxygen atoms in total. The fourth-order valence-electron chi connectivity index (χ4n) is 6.08. The van der Waals surface area contributed by atoms with Crippen LogP contribution in [-0.4, -0.2) is 45.0 Å². The second-order valence-electron chi connectivity index (χ2n) is 11.4. The summed E-state index contributed by atoms with van der Waals surface area (Å²) in [5.74, 6) is -1.64. The summed E-state index contributed by atoms with van der Waals surface area (Å²) >= 11 is 0. The van der Waals surface area contributed by atoms with E-state index in [0.717, 1.165) is 22.5 Å². The molecule has 1 saturated carbocycles. The van der Waals surface area contributed by atoms with E-state index in [-0.39, 0.29) is 60.1 Å². The molecule has 2 aromatic carbocycles. The van der Waals surface area contributed by atoms with Crippen molar-refractivity contribution in [2.45, 2.75) is 95.6 Å². The molecular weight excluding hydrogens is 546 g/mol. The number of aliphatic hydroxyl groups is 2. The molecule has 0 spiro atoms. The molecule has 1 aromatic heterocycles. The van der Waals surface area contributed by atoms with Gasteiger partial charge in [0.05, 0.1) is 17.8 Å². The van der Waals surface area contributed by atoms with Crippen LogP contribution in [0.1, 0.15) is 92.4 Å². The number of aliphatic hydroxyl groups excluding tert-OH is 2. The van der Waals surface area contributed by atoms with Crippen LogP contribution in [0.4, 0.5) is 10.1 Å². The molecule has 0 saturated heterocycles. The number of halogens is 1. The predicted molar refractivity (Wildman–Crippen MR) is 155 cm³/mol. The Kier molecular flexibility index (Phi) is 12.8. The Morgan fingerprint density at radius 1 is 0.976 bits per heavy atom. The third-order valence-electron chi connectivity index (χ3n) is 7.89. The first kappa shape index (κ1) is 34.0. The van der Waals surface area contributed by atoms with Gasteiger partial charge in [0.25, 0.3) is 5.91 Å². The Bertz CT molecular complexity index is 1310. The normalized spacial score (nSPS) is 18.2. The number of nitrogens with one attached hydrogen (secondary N) is 1. The van der Waals surface area contributed by atoms with Gasteiger partial charge in [-0.25, -0.2) is 4.39 Å². The summed E-state index contributed by atoms with van der Waals surface area (Å²) in [4.78, 5) is 25.0. The fourth-order valence-corrected chi connectivity index (χ4v) is 6.08. The monoisotopic (exact) mass is 586 g/mol. The van der Waals surface area contributed by atoms with Gasteiger partial charge in [0, 0.05) is 47.5 Å². The van der Waals surface area contributed by atoms with Gasteiger partial charge >= 0.3 is 29.6 Å². The first-order valence-electron chi connectivity index (χ1n) is 14.5. The average molecular weight is 587 g/mol. The quantitative estimate of drug-likeness (QED) is 0.282. The molecule has 1 amide bonds. The van der Waals surface area contributed by atoms with Gasteiger partial charge in [-0.05, 0) is 62.1 Å². The number of hydrogen-bond acceptors (Lipinski definition) is 5. The van der Waals surface area contributed by atoms with E-state index < -0.39 is 30.8 Å². The van der Waals surface area contributed by atoms with E-state index in [1.807, 2.05) is 74.5 Å². The minimum Gasteiger partial charge on any atom is -0.550 e. The van der Waals surface area contributed by atoms with E-state index in [1.165, 1.54) is 0 Å². The molecule has 1 fully saturated rings. The largest absolute Gasteiger partial charge is 1.00 e. The Labute approximate surface area is 269 Å². The maximum absolute atomic E-state index is 14.3. The number of alkyl halides is 1. The predicted octanol–water partition coefficient (Wildman–Crippen LogP) is 2.17. The molecule has 0 aliphatic heterocycles. The molecule has 3 N–H and O–H groups in total. The maximum Gasteiger partial charge on any atom is 1.00 e. The summed E-state index contributed by atoms with van der Waals surface area (Å²) in [5, 5.41) is 34.7. The summed E-state index contributed by atoms with van der Waals surface area (Å²) in [6.07, 6.45) is -1.21. The van der Waals surface area contributed by atoms with Crippen LogP contribution in [0.3, 0.4) is 0 Å². The Hall–Kier alpha value is -2.49. The zero-order valence-electron chi connectivity index (χ0n) is 24.8. The van der Waals surface area contributed by atoms with Gasteiger partial charge in [0.1, 0.15) is 6.17 Å². The standard InChI is InChI=1S/C33H41FN2O5.Na/c1-21(2)31-30(33(41)35-25-11-7-4-8-12-25)29(22-9-5-3-6-10-22)32(23-13-15-24(34)16-14-23)36(31)18-17-26(37)19-27(38)20-28(39)40;/h3-12,21,23-24,26-27,37-38H,13-20H2,1-2H3,(H,35,41)(H,39,40);/q;+1/p-1/t23?,24?,26-,27-;/m0./s1. The van der Waals surface area contributed by atoms with Crippen molar-refractivity contribution in [1.82, 2.24) is 4.57 Å². The Morgan fingerprint density at radius 2 is 1.57 bits per heavy atom. The summed E-state index contributed by atoms with van der Waals surface area (Å²) < 4.78 is 16.4. The second kappa shape index (κ2) is 15.8. The molecule has 1 heterocycles. The molecule has 2 atom stereocenters. The maximum atomic E-state index is 14.3. The minimum atomic E-state index is -1.37. The number of hydrogen-bond donors (Lipinski definition) is 3. The van der Waals surface area contributed by atoms with Crippen molar-refractivity contribution in [1.29, 1.82) is 0 Å². The number of anilines is 1. The van der Waals surface area contributed by atoms with Crippen LogP contribution in [0.2, 0.25) is 0 Å². The van der Waals surface area contributed by atoms with E-state index in [9.17, 15) is 29.3 Å². The molecule has 1 aliphatic carbocycles. The van der Waals surface area contributed by atoms with Crippen molar-refractivity contribution in [2.75, 3.05) is 5.32 Å². The van der Waals surface area contributed by atoms with Crippen LogP contribution in [-0.2, 0) is 11.3 Å². The topological polar surface area (TPSA) is 115 Å². The molecule has 1 aliphatic rings. The van der Waals surface area contributed by atoms with E-state index in [1.54, 1.807) is 0 Å². The van der Waals surface area contributed by atoms with Crippen LogP contribution in [0.25, 0.3) is 11.1 Å². The third kappa shape index (κ3) is 8.54. The zero-order valence-corrected chi connectivity index (χ0v) is 26.8. The molecular formula is C33H40FN2NaO5. The number of nitrogens with zero attached hydrogens (tertiary/aromatic N) is 1. The zero-order chi connectivity index (χ0) is 29.5. The van der Waals surface area contributed by atoms with Crippen LogP contribution < -0.4 is 40.0 Å². The van der Waals surface area contributed by atoms with Crippen molar-refractivity contribution < 1.29 is 58.9 Å². The van der Waals surface area contributed by atoms with Crippen molar-refractivity contribution >= 4 is 17.6 Å². The third-order valence-corrected chi connectivity index (χ3v) is 7.89. The number of aromatic nitrogens is 1. The number of carbonyl (C=O) groups is 2. The van der Waals surface area contributed by atoms with Crippen LogP contribution in [0, 0.1) is 0 Å². The summed E-state index contributed by atoms with van der Waals surface area (Å²) in [6.45, 7) is 4.42. The molecule has 220 valence electrons. The summed E-state index contributed by atoms with van der Waals surface area (Å²) in [7, 11) is 0.